The molecule has 0 bridgehead atoms. The van der Waals surface area contributed by atoms with E-state index in [9.17, 15) is 4.79 Å². The van der Waals surface area contributed by atoms with Crippen LogP contribution in [0.4, 0.5) is 5.69 Å². The number of nitrogens with one attached hydrogen (secondary N) is 2. The summed E-state index contributed by atoms with van der Waals surface area (Å²) in [5.74, 6) is 0.892. The Labute approximate surface area is 183 Å². The summed E-state index contributed by atoms with van der Waals surface area (Å²) in [6, 6.07) is 7.91. The molecule has 0 aliphatic carbocycles. The second kappa shape index (κ2) is 9.35. The molecule has 0 radical (unpaired) electrons. The van der Waals surface area contributed by atoms with Crippen molar-refractivity contribution in [2.24, 2.45) is 18.0 Å². The van der Waals surface area contributed by atoms with Crippen molar-refractivity contribution in [1.82, 2.24) is 10.0 Å². The van der Waals surface area contributed by atoms with Crippen LogP contribution in [-0.4, -0.2) is 16.8 Å². The van der Waals surface area contributed by atoms with Crippen LogP contribution in [0.5, 0.6) is 0 Å². The molecule has 164 valence electrons. The van der Waals surface area contributed by atoms with Gasteiger partial charge in [0.05, 0.1) is 5.35 Å². The first-order valence-electron chi connectivity index (χ1n) is 10.7. The van der Waals surface area contributed by atoms with Gasteiger partial charge in [-0.25, -0.2) is 15.3 Å². The number of aromatic nitrogens is 1. The topological polar surface area (TPSA) is 67.7 Å². The molecule has 2 N–H and O–H groups in total. The van der Waals surface area contributed by atoms with Crippen molar-refractivity contribution in [3.63, 3.8) is 0 Å². The molecule has 31 heavy (non-hydrogen) atoms. The molecule has 3 rings (SSSR count). The maximum absolute atomic E-state index is 13.2. The van der Waals surface area contributed by atoms with Crippen molar-refractivity contribution in [2.75, 3.05) is 5.32 Å². The van der Waals surface area contributed by atoms with Gasteiger partial charge in [-0.1, -0.05) is 38.1 Å². The first-order chi connectivity index (χ1) is 14.7. The smallest absolute Gasteiger partial charge is 0.258 e. The molecule has 1 aromatic heterocycles. The minimum absolute atomic E-state index is 0.0464. The summed E-state index contributed by atoms with van der Waals surface area (Å²) in [6.07, 6.45) is 4.72. The van der Waals surface area contributed by atoms with Gasteiger partial charge in [0.25, 0.3) is 5.56 Å². The number of nitrogens with zero attached hydrogens (tertiary/aromatic N) is 2. The molecular formula is C25H32N4O2. The van der Waals surface area contributed by atoms with Gasteiger partial charge in [0.1, 0.15) is 0 Å². The van der Waals surface area contributed by atoms with Gasteiger partial charge in [-0.2, -0.15) is 0 Å². The Hall–Kier alpha value is -3.12. The summed E-state index contributed by atoms with van der Waals surface area (Å²) < 4.78 is 1.69. The van der Waals surface area contributed by atoms with E-state index in [4.69, 9.17) is 4.84 Å². The lowest BCUT2D eigenvalue weighted by Crippen LogP contribution is -2.42. The fourth-order valence-corrected chi connectivity index (χ4v) is 3.54. The van der Waals surface area contributed by atoms with Gasteiger partial charge in [0, 0.05) is 24.2 Å². The van der Waals surface area contributed by atoms with Gasteiger partial charge < -0.3 is 9.88 Å². The van der Waals surface area contributed by atoms with Crippen LogP contribution >= 0.6 is 0 Å². The van der Waals surface area contributed by atoms with E-state index in [1.165, 1.54) is 0 Å². The molecule has 1 aliphatic rings. The predicted octanol–water partition coefficient (Wildman–Crippen LogP) is 3.19. The SMILES string of the molecule is C=C(C)/C=c1\c(=C/C)cc(-c2cc(NC3=NC(C(C)CC)ON3)ccc2C)c(=O)n1C. The van der Waals surface area contributed by atoms with Crippen LogP contribution in [0.15, 0.2) is 46.2 Å². The van der Waals surface area contributed by atoms with Crippen molar-refractivity contribution in [3.8, 4) is 11.1 Å². The average Bonchev–Trinajstić information content (AvgIpc) is 3.21. The Morgan fingerprint density at radius 3 is 2.77 bits per heavy atom. The quantitative estimate of drug-likeness (QED) is 0.780. The van der Waals surface area contributed by atoms with E-state index in [1.54, 1.807) is 11.6 Å². The highest BCUT2D eigenvalue weighted by Crippen LogP contribution is 2.24. The number of anilines is 1. The number of hydrogen-bond donors (Lipinski definition) is 2. The summed E-state index contributed by atoms with van der Waals surface area (Å²) in [5.41, 5.74) is 7.12. The minimum Gasteiger partial charge on any atom is -0.325 e. The van der Waals surface area contributed by atoms with Crippen LogP contribution in [0.25, 0.3) is 23.3 Å². The second-order valence-electron chi connectivity index (χ2n) is 8.17. The third-order valence-corrected chi connectivity index (χ3v) is 5.64. The molecule has 0 spiro atoms. The van der Waals surface area contributed by atoms with E-state index in [-0.39, 0.29) is 11.8 Å². The Balaban J connectivity index is 2.05. The van der Waals surface area contributed by atoms with Crippen LogP contribution in [0.2, 0.25) is 0 Å². The second-order valence-corrected chi connectivity index (χ2v) is 8.17. The van der Waals surface area contributed by atoms with Crippen LogP contribution < -0.4 is 26.9 Å². The molecule has 0 saturated carbocycles. The maximum Gasteiger partial charge on any atom is 0.258 e. The van der Waals surface area contributed by atoms with Gasteiger partial charge in [-0.3, -0.25) is 4.79 Å². The van der Waals surface area contributed by atoms with Gasteiger partial charge in [-0.15, -0.1) is 0 Å². The maximum atomic E-state index is 13.2. The van der Waals surface area contributed by atoms with E-state index >= 15 is 0 Å². The first-order valence-corrected chi connectivity index (χ1v) is 10.7. The summed E-state index contributed by atoms with van der Waals surface area (Å²) in [6.45, 7) is 14.1. The number of benzene rings is 1. The highest BCUT2D eigenvalue weighted by atomic mass is 16.7. The summed E-state index contributed by atoms with van der Waals surface area (Å²) in [5, 5.41) is 5.11. The number of hydrogen-bond acceptors (Lipinski definition) is 5. The van der Waals surface area contributed by atoms with Crippen molar-refractivity contribution in [1.29, 1.82) is 0 Å². The summed E-state index contributed by atoms with van der Waals surface area (Å²) in [4.78, 5) is 23.3. The predicted molar refractivity (Wildman–Crippen MR) is 129 cm³/mol. The molecule has 1 aromatic carbocycles. The zero-order chi connectivity index (χ0) is 22.7. The number of rotatable bonds is 5. The van der Waals surface area contributed by atoms with Crippen LogP contribution in [0.3, 0.4) is 0 Å². The molecule has 2 aromatic rings. The number of guanidine groups is 1. The number of pyridine rings is 1. The van der Waals surface area contributed by atoms with Crippen molar-refractivity contribution in [3.05, 3.63) is 62.9 Å². The Kier molecular flexibility index (Phi) is 6.81. The third-order valence-electron chi connectivity index (χ3n) is 5.64. The van der Waals surface area contributed by atoms with E-state index < -0.39 is 0 Å². The van der Waals surface area contributed by atoms with Crippen LogP contribution in [-0.2, 0) is 11.9 Å². The highest BCUT2D eigenvalue weighted by molar-refractivity contribution is 5.94. The van der Waals surface area contributed by atoms with Gasteiger partial charge >= 0.3 is 0 Å². The monoisotopic (exact) mass is 420 g/mol. The highest BCUT2D eigenvalue weighted by Gasteiger charge is 2.23. The number of allylic oxidation sites excluding steroid dienone is 1. The number of aliphatic imine (C=N–C) groups is 1. The normalized spacial score (nSPS) is 18.0. The lowest BCUT2D eigenvalue weighted by Gasteiger charge is -2.12. The molecule has 2 atom stereocenters. The first kappa shape index (κ1) is 22.6. The van der Waals surface area contributed by atoms with E-state index in [2.05, 4.69) is 36.2 Å². The van der Waals surface area contributed by atoms with Crippen molar-refractivity contribution >= 4 is 23.8 Å². The Morgan fingerprint density at radius 1 is 1.39 bits per heavy atom. The largest absolute Gasteiger partial charge is 0.325 e. The summed E-state index contributed by atoms with van der Waals surface area (Å²) >= 11 is 0. The zero-order valence-corrected chi connectivity index (χ0v) is 19.2. The van der Waals surface area contributed by atoms with Crippen molar-refractivity contribution < 1.29 is 4.84 Å². The lowest BCUT2D eigenvalue weighted by atomic mass is 10.00. The fourth-order valence-electron chi connectivity index (χ4n) is 3.54. The van der Waals surface area contributed by atoms with E-state index in [1.807, 2.05) is 57.2 Å². The molecule has 0 saturated heterocycles. The van der Waals surface area contributed by atoms with Crippen molar-refractivity contribution in [2.45, 2.75) is 47.3 Å². The van der Waals surface area contributed by atoms with Gasteiger partial charge in [-0.05, 0) is 67.8 Å². The van der Waals surface area contributed by atoms with E-state index in [0.717, 1.165) is 39.4 Å². The van der Waals surface area contributed by atoms with Gasteiger partial charge in [0.2, 0.25) is 5.96 Å². The number of hydroxylamine groups is 1. The molecule has 1 aliphatic heterocycles. The molecule has 2 unspecified atom stereocenters. The van der Waals surface area contributed by atoms with Gasteiger partial charge in [0.15, 0.2) is 6.23 Å². The third kappa shape index (κ3) is 4.80. The lowest BCUT2D eigenvalue weighted by molar-refractivity contribution is 0.00495. The van der Waals surface area contributed by atoms with Crippen LogP contribution in [0, 0.1) is 12.8 Å². The van der Waals surface area contributed by atoms with Crippen LogP contribution in [0.1, 0.15) is 39.7 Å². The average molecular weight is 421 g/mol. The zero-order valence-electron chi connectivity index (χ0n) is 19.2. The molecule has 6 heteroatoms. The molecule has 0 amide bonds. The number of aryl methyl sites for hydroxylation is 1. The van der Waals surface area contributed by atoms with E-state index in [0.29, 0.717) is 17.4 Å². The molecule has 0 fully saturated rings. The molecular weight excluding hydrogens is 388 g/mol. The standard InChI is InChI=1S/C25H32N4O2/c1-8-16(5)23-27-25(28-31-23)26-19-11-10-17(6)20(14-19)21-13-18(9-2)22(12-15(3)4)29(7)24(21)30/h9-14,16,23H,3,8H2,1-2,4-7H3,(H2,26,27,28)/b18-9-,22-12+. The summed E-state index contributed by atoms with van der Waals surface area (Å²) in [7, 11) is 1.80. The Bertz CT molecular complexity index is 1210. The fraction of sp³-hybridized carbons (Fsp3) is 0.360. The molecule has 2 heterocycles. The minimum atomic E-state index is -0.204. The Morgan fingerprint density at radius 2 is 2.13 bits per heavy atom. The molecule has 6 nitrogen and oxygen atoms in total.